The van der Waals surface area contributed by atoms with Gasteiger partial charge in [0.1, 0.15) is 12.7 Å². The molecule has 2 amide bonds. The molecule has 9 heteroatoms. The SMILES string of the molecule is CC1CCCCC(N2CCC(c3cc(Cl)ccc3-n3cncn3)=CC2=O)c2cc(ccn2)-c2ccccc2NC1=O. The van der Waals surface area contributed by atoms with E-state index >= 15 is 0 Å². The third kappa shape index (κ3) is 5.65. The lowest BCUT2D eigenvalue weighted by atomic mass is 9.93. The van der Waals surface area contributed by atoms with Crippen LogP contribution in [0.25, 0.3) is 22.4 Å². The number of nitrogens with zero attached hydrogens (tertiary/aromatic N) is 5. The summed E-state index contributed by atoms with van der Waals surface area (Å²) in [5, 5.41) is 8.00. The number of para-hydroxylation sites is 1. The maximum absolute atomic E-state index is 13.8. The number of amides is 2. The first kappa shape index (κ1) is 26.9. The summed E-state index contributed by atoms with van der Waals surface area (Å²) in [7, 11) is 0. The van der Waals surface area contributed by atoms with Gasteiger partial charge in [-0.15, -0.1) is 0 Å². The number of halogens is 1. The predicted molar refractivity (Wildman–Crippen MR) is 159 cm³/mol. The fourth-order valence-corrected chi connectivity index (χ4v) is 5.93. The number of pyridine rings is 1. The van der Waals surface area contributed by atoms with Crippen molar-refractivity contribution >= 4 is 34.7 Å². The average molecular weight is 567 g/mol. The number of hydrogen-bond donors (Lipinski definition) is 1. The molecule has 2 aromatic carbocycles. The van der Waals surface area contributed by atoms with Crippen molar-refractivity contribution in [3.8, 4) is 16.8 Å². The third-order valence-electron chi connectivity index (χ3n) is 7.98. The zero-order chi connectivity index (χ0) is 28.3. The largest absolute Gasteiger partial charge is 0.330 e. The topological polar surface area (TPSA) is 93.0 Å². The molecule has 0 fully saturated rings. The molecule has 0 aliphatic carbocycles. The minimum Gasteiger partial charge on any atom is -0.330 e. The van der Waals surface area contributed by atoms with E-state index in [2.05, 4.69) is 21.5 Å². The standard InChI is InChI=1S/C32H31ClN6O2/c1-21-6-2-5-9-30(28-16-22(12-14-35-28)25-7-3-4-8-27(25)37-32(21)41)38-15-13-23(17-31(38)40)26-18-24(33)10-11-29(26)39-20-34-19-36-39/h3-4,7-8,10-12,14,16-21,30H,2,5-6,9,13,15H2,1H3,(H,37,41). The van der Waals surface area contributed by atoms with Crippen LogP contribution >= 0.6 is 11.6 Å². The van der Waals surface area contributed by atoms with E-state index < -0.39 is 0 Å². The van der Waals surface area contributed by atoms with Crippen LogP contribution in [0.4, 0.5) is 5.69 Å². The Morgan fingerprint density at radius 3 is 2.68 bits per heavy atom. The summed E-state index contributed by atoms with van der Waals surface area (Å²) in [4.78, 5) is 37.5. The average Bonchev–Trinajstić information content (AvgIpc) is 3.52. The normalized spacial score (nSPS) is 19.8. The zero-order valence-electron chi connectivity index (χ0n) is 22.8. The van der Waals surface area contributed by atoms with Crippen molar-refractivity contribution in [1.82, 2.24) is 24.6 Å². The number of rotatable bonds is 3. The number of benzene rings is 2. The highest BCUT2D eigenvalue weighted by molar-refractivity contribution is 6.30. The van der Waals surface area contributed by atoms with Gasteiger partial charge in [0.2, 0.25) is 11.8 Å². The molecule has 0 spiro atoms. The van der Waals surface area contributed by atoms with Gasteiger partial charge in [-0.3, -0.25) is 14.6 Å². The Bertz CT molecular complexity index is 1620. The van der Waals surface area contributed by atoms with Gasteiger partial charge in [0.05, 0.1) is 17.4 Å². The Labute approximate surface area is 244 Å². The van der Waals surface area contributed by atoms with E-state index in [9.17, 15) is 9.59 Å². The van der Waals surface area contributed by atoms with Crippen LogP contribution in [-0.2, 0) is 9.59 Å². The first-order chi connectivity index (χ1) is 20.0. The van der Waals surface area contributed by atoms with Gasteiger partial charge in [-0.05, 0) is 66.8 Å². The van der Waals surface area contributed by atoms with E-state index in [4.69, 9.17) is 16.6 Å². The van der Waals surface area contributed by atoms with Gasteiger partial charge in [0.15, 0.2) is 0 Å². The second-order valence-corrected chi connectivity index (χ2v) is 11.1. The second-order valence-electron chi connectivity index (χ2n) is 10.7. The summed E-state index contributed by atoms with van der Waals surface area (Å²) in [5.74, 6) is -0.136. The molecule has 0 radical (unpaired) electrons. The number of aromatic nitrogens is 4. The number of nitrogens with one attached hydrogen (secondary N) is 1. The number of fused-ring (bicyclic) bond motifs is 4. The molecule has 2 bridgehead atoms. The summed E-state index contributed by atoms with van der Waals surface area (Å²) in [6.07, 6.45) is 10.6. The Morgan fingerprint density at radius 1 is 1.00 bits per heavy atom. The van der Waals surface area contributed by atoms with Crippen LogP contribution in [-0.4, -0.2) is 43.0 Å². The van der Waals surface area contributed by atoms with Crippen LogP contribution in [0.1, 0.15) is 56.3 Å². The summed E-state index contributed by atoms with van der Waals surface area (Å²) in [5.41, 5.74) is 6.14. The maximum atomic E-state index is 13.8. The molecule has 4 heterocycles. The quantitative estimate of drug-likeness (QED) is 0.306. The molecule has 1 N–H and O–H groups in total. The molecular formula is C32H31ClN6O2. The smallest absolute Gasteiger partial charge is 0.247 e. The van der Waals surface area contributed by atoms with E-state index in [0.29, 0.717) is 18.0 Å². The highest BCUT2D eigenvalue weighted by Gasteiger charge is 2.30. The van der Waals surface area contributed by atoms with Gasteiger partial charge in [-0.25, -0.2) is 9.67 Å². The van der Waals surface area contributed by atoms with Crippen molar-refractivity contribution in [2.24, 2.45) is 5.92 Å². The minimum atomic E-state index is -0.179. The molecule has 2 aliphatic rings. The molecule has 2 atom stereocenters. The van der Waals surface area contributed by atoms with E-state index in [1.807, 2.05) is 60.4 Å². The highest BCUT2D eigenvalue weighted by Crippen LogP contribution is 2.37. The summed E-state index contributed by atoms with van der Waals surface area (Å²) >= 11 is 6.37. The van der Waals surface area contributed by atoms with Crippen LogP contribution in [0, 0.1) is 5.92 Å². The molecule has 8 nitrogen and oxygen atoms in total. The molecule has 6 rings (SSSR count). The van der Waals surface area contributed by atoms with Gasteiger partial charge in [0, 0.05) is 46.6 Å². The van der Waals surface area contributed by atoms with Gasteiger partial charge in [-0.2, -0.15) is 5.10 Å². The summed E-state index contributed by atoms with van der Waals surface area (Å²) in [6.45, 7) is 2.53. The summed E-state index contributed by atoms with van der Waals surface area (Å²) < 4.78 is 1.69. The second kappa shape index (κ2) is 11.7. The number of carbonyl (C=O) groups is 2. The summed E-state index contributed by atoms with van der Waals surface area (Å²) in [6, 6.07) is 17.3. The van der Waals surface area contributed by atoms with Crippen molar-refractivity contribution in [1.29, 1.82) is 0 Å². The molecule has 0 saturated carbocycles. The van der Waals surface area contributed by atoms with Crippen molar-refractivity contribution in [3.63, 3.8) is 0 Å². The van der Waals surface area contributed by atoms with Crippen molar-refractivity contribution in [3.05, 3.63) is 95.8 Å². The fraction of sp³-hybridized carbons (Fsp3) is 0.281. The monoisotopic (exact) mass is 566 g/mol. The van der Waals surface area contributed by atoms with E-state index in [1.54, 1.807) is 23.3 Å². The van der Waals surface area contributed by atoms with E-state index in [0.717, 1.165) is 65.0 Å². The first-order valence-corrected chi connectivity index (χ1v) is 14.4. The third-order valence-corrected chi connectivity index (χ3v) is 8.21. The lowest BCUT2D eigenvalue weighted by molar-refractivity contribution is -0.129. The fourth-order valence-electron chi connectivity index (χ4n) is 5.76. The number of carbonyl (C=O) groups excluding carboxylic acids is 2. The number of hydrogen-bond acceptors (Lipinski definition) is 5. The molecule has 208 valence electrons. The van der Waals surface area contributed by atoms with Gasteiger partial charge >= 0.3 is 0 Å². The van der Waals surface area contributed by atoms with Crippen molar-refractivity contribution in [2.75, 3.05) is 11.9 Å². The van der Waals surface area contributed by atoms with Gasteiger partial charge < -0.3 is 10.2 Å². The highest BCUT2D eigenvalue weighted by atomic mass is 35.5. The Kier molecular flexibility index (Phi) is 7.65. The molecule has 2 aromatic heterocycles. The van der Waals surface area contributed by atoms with Gasteiger partial charge in [0.25, 0.3) is 0 Å². The Balaban J connectivity index is 1.35. The predicted octanol–water partition coefficient (Wildman–Crippen LogP) is 6.49. The van der Waals surface area contributed by atoms with Crippen LogP contribution in [0.3, 0.4) is 0 Å². The van der Waals surface area contributed by atoms with Crippen LogP contribution in [0.2, 0.25) is 5.02 Å². The van der Waals surface area contributed by atoms with Gasteiger partial charge in [-0.1, -0.05) is 49.6 Å². The van der Waals surface area contributed by atoms with E-state index in [-0.39, 0.29) is 23.8 Å². The zero-order valence-corrected chi connectivity index (χ0v) is 23.6. The molecule has 41 heavy (non-hydrogen) atoms. The van der Waals surface area contributed by atoms with Crippen molar-refractivity contribution in [2.45, 2.75) is 45.1 Å². The molecule has 2 unspecified atom stereocenters. The molecular weight excluding hydrogens is 536 g/mol. The molecule has 0 saturated heterocycles. The van der Waals surface area contributed by atoms with Crippen molar-refractivity contribution < 1.29 is 9.59 Å². The Morgan fingerprint density at radius 2 is 1.85 bits per heavy atom. The Hall–Kier alpha value is -4.30. The lowest BCUT2D eigenvalue weighted by Gasteiger charge is -2.34. The van der Waals surface area contributed by atoms with Crippen LogP contribution in [0.15, 0.2) is 79.5 Å². The van der Waals surface area contributed by atoms with E-state index in [1.165, 1.54) is 6.33 Å². The molecule has 2 aliphatic heterocycles. The maximum Gasteiger partial charge on any atom is 0.247 e. The number of anilines is 1. The van der Waals surface area contributed by atoms with Crippen LogP contribution < -0.4 is 5.32 Å². The van der Waals surface area contributed by atoms with Crippen LogP contribution in [0.5, 0.6) is 0 Å². The molecule has 4 aromatic rings. The first-order valence-electron chi connectivity index (χ1n) is 14.0. The minimum absolute atomic E-state index is 0.0256. The lowest BCUT2D eigenvalue weighted by Crippen LogP contribution is -2.37.